The summed E-state index contributed by atoms with van der Waals surface area (Å²) in [6.45, 7) is 2.04. The van der Waals surface area contributed by atoms with Crippen molar-refractivity contribution in [3.05, 3.63) is 40.4 Å². The van der Waals surface area contributed by atoms with Crippen LogP contribution in [0.5, 0.6) is 0 Å². The van der Waals surface area contributed by atoms with E-state index in [0.717, 1.165) is 10.6 Å². The lowest BCUT2D eigenvalue weighted by Gasteiger charge is -2.19. The number of carboxylic acids is 1. The zero-order valence-electron chi connectivity index (χ0n) is 12.7. The first kappa shape index (κ1) is 17.4. The van der Waals surface area contributed by atoms with E-state index in [2.05, 4.69) is 4.98 Å². The highest BCUT2D eigenvalue weighted by Crippen LogP contribution is 2.30. The fourth-order valence-corrected chi connectivity index (χ4v) is 3.28. The molecule has 1 aromatic heterocycles. The van der Waals surface area contributed by atoms with E-state index in [0.29, 0.717) is 23.7 Å². The first-order valence-corrected chi connectivity index (χ1v) is 8.46. The molecule has 122 valence electrons. The fraction of sp³-hybridized carbons (Fsp3) is 0.312. The van der Waals surface area contributed by atoms with E-state index in [1.165, 1.54) is 16.2 Å². The summed E-state index contributed by atoms with van der Waals surface area (Å²) >= 11 is 7.56. The molecular formula is C16H17ClN2O3S. The van der Waals surface area contributed by atoms with E-state index >= 15 is 0 Å². The number of benzene rings is 1. The maximum absolute atomic E-state index is 12.3. The number of carbonyl (C=O) groups excluding carboxylic acids is 1. The number of rotatable bonds is 7. The molecule has 5 nitrogen and oxygen atoms in total. The Morgan fingerprint density at radius 2 is 2.09 bits per heavy atom. The zero-order chi connectivity index (χ0) is 16.8. The molecule has 23 heavy (non-hydrogen) atoms. The second-order valence-electron chi connectivity index (χ2n) is 5.01. The maximum Gasteiger partial charge on any atom is 0.323 e. The van der Waals surface area contributed by atoms with Crippen molar-refractivity contribution in [2.24, 2.45) is 0 Å². The maximum atomic E-state index is 12.3. The highest BCUT2D eigenvalue weighted by Gasteiger charge is 2.18. The van der Waals surface area contributed by atoms with Gasteiger partial charge in [0.2, 0.25) is 5.91 Å². The Hall–Kier alpha value is -1.92. The van der Waals surface area contributed by atoms with Crippen molar-refractivity contribution in [3.63, 3.8) is 0 Å². The molecular weight excluding hydrogens is 336 g/mol. The van der Waals surface area contributed by atoms with Crippen molar-refractivity contribution in [3.8, 4) is 10.6 Å². The quantitative estimate of drug-likeness (QED) is 0.829. The van der Waals surface area contributed by atoms with Gasteiger partial charge in [-0.1, -0.05) is 36.7 Å². The molecule has 0 saturated carbocycles. The van der Waals surface area contributed by atoms with E-state index in [-0.39, 0.29) is 18.9 Å². The Labute approximate surface area is 143 Å². The van der Waals surface area contributed by atoms with Crippen LogP contribution in [0.15, 0.2) is 29.6 Å². The normalized spacial score (nSPS) is 10.5. The van der Waals surface area contributed by atoms with E-state index in [1.54, 1.807) is 11.4 Å². The first-order valence-electron chi connectivity index (χ1n) is 7.20. The van der Waals surface area contributed by atoms with E-state index < -0.39 is 5.97 Å². The lowest BCUT2D eigenvalue weighted by atomic mass is 10.2. The van der Waals surface area contributed by atoms with Crippen LogP contribution in [0.2, 0.25) is 5.02 Å². The number of carbonyl (C=O) groups is 2. The Morgan fingerprint density at radius 3 is 2.74 bits per heavy atom. The minimum Gasteiger partial charge on any atom is -0.480 e. The molecule has 0 aliphatic rings. The van der Waals surface area contributed by atoms with Gasteiger partial charge in [-0.2, -0.15) is 0 Å². The van der Waals surface area contributed by atoms with Gasteiger partial charge in [0.25, 0.3) is 0 Å². The summed E-state index contributed by atoms with van der Waals surface area (Å²) in [4.78, 5) is 28.9. The van der Waals surface area contributed by atoms with Gasteiger partial charge >= 0.3 is 5.97 Å². The van der Waals surface area contributed by atoms with Gasteiger partial charge in [-0.05, 0) is 12.5 Å². The highest BCUT2D eigenvalue weighted by molar-refractivity contribution is 7.13. The number of nitrogens with zero attached hydrogens (tertiary/aromatic N) is 2. The zero-order valence-corrected chi connectivity index (χ0v) is 14.2. The van der Waals surface area contributed by atoms with Crippen molar-refractivity contribution >= 4 is 34.8 Å². The third-order valence-electron chi connectivity index (χ3n) is 3.16. The number of halogens is 1. The molecule has 0 radical (unpaired) electrons. The summed E-state index contributed by atoms with van der Waals surface area (Å²) in [6.07, 6.45) is 0.801. The monoisotopic (exact) mass is 352 g/mol. The number of aliphatic carboxylic acids is 1. The molecule has 7 heteroatoms. The molecule has 1 heterocycles. The molecule has 0 aliphatic heterocycles. The second kappa shape index (κ2) is 8.08. The van der Waals surface area contributed by atoms with Crippen LogP contribution in [0, 0.1) is 0 Å². The van der Waals surface area contributed by atoms with Crippen LogP contribution in [0.4, 0.5) is 0 Å². The molecule has 0 atom stereocenters. The molecule has 2 aromatic rings. The first-order chi connectivity index (χ1) is 11.0. The van der Waals surface area contributed by atoms with Gasteiger partial charge in [-0.15, -0.1) is 11.3 Å². The summed E-state index contributed by atoms with van der Waals surface area (Å²) in [5, 5.41) is 12.1. The number of thiazole rings is 1. The van der Waals surface area contributed by atoms with Crippen LogP contribution < -0.4 is 0 Å². The van der Waals surface area contributed by atoms with E-state index in [9.17, 15) is 9.59 Å². The Bertz CT molecular complexity index is 702. The van der Waals surface area contributed by atoms with Crippen molar-refractivity contribution < 1.29 is 14.7 Å². The minimum atomic E-state index is -1.01. The number of hydrogen-bond donors (Lipinski definition) is 1. The van der Waals surface area contributed by atoms with Gasteiger partial charge in [0.1, 0.15) is 11.6 Å². The number of carboxylic acid groups (broad SMARTS) is 1. The van der Waals surface area contributed by atoms with Gasteiger partial charge in [-0.25, -0.2) is 4.98 Å². The highest BCUT2D eigenvalue weighted by atomic mass is 35.5. The predicted molar refractivity (Wildman–Crippen MR) is 90.8 cm³/mol. The number of amides is 1. The molecule has 0 fully saturated rings. The van der Waals surface area contributed by atoms with Crippen LogP contribution in [0.3, 0.4) is 0 Å². The second-order valence-corrected chi connectivity index (χ2v) is 6.27. The van der Waals surface area contributed by atoms with E-state index in [4.69, 9.17) is 16.7 Å². The van der Waals surface area contributed by atoms with Crippen molar-refractivity contribution in [2.75, 3.05) is 13.1 Å². The van der Waals surface area contributed by atoms with Gasteiger partial charge in [0.15, 0.2) is 0 Å². The number of aromatic nitrogens is 1. The molecule has 0 saturated heterocycles. The summed E-state index contributed by atoms with van der Waals surface area (Å²) in [7, 11) is 0. The summed E-state index contributed by atoms with van der Waals surface area (Å²) in [5.41, 5.74) is 1.45. The topological polar surface area (TPSA) is 70.5 Å². The molecule has 1 aromatic carbocycles. The van der Waals surface area contributed by atoms with Crippen LogP contribution in [-0.4, -0.2) is 40.0 Å². The van der Waals surface area contributed by atoms with E-state index in [1.807, 2.05) is 25.1 Å². The lowest BCUT2D eigenvalue weighted by molar-refractivity contribution is -0.144. The fourth-order valence-electron chi connectivity index (χ4n) is 2.14. The van der Waals surface area contributed by atoms with Crippen LogP contribution in [-0.2, 0) is 16.0 Å². The standard InChI is InChI=1S/C16H17ClN2O3S/c1-2-7-19(9-15(21)22)14(20)8-11-10-23-16(18-11)12-5-3-4-6-13(12)17/h3-6,10H,2,7-9H2,1H3,(H,21,22). The molecule has 2 rings (SSSR count). The van der Waals surface area contributed by atoms with Crippen molar-refractivity contribution in [2.45, 2.75) is 19.8 Å². The van der Waals surface area contributed by atoms with Crippen molar-refractivity contribution in [1.29, 1.82) is 0 Å². The molecule has 1 N–H and O–H groups in total. The minimum absolute atomic E-state index is 0.0915. The molecule has 0 bridgehead atoms. The Kier molecular flexibility index (Phi) is 6.12. The predicted octanol–water partition coefficient (Wildman–Crippen LogP) is 3.33. The van der Waals surface area contributed by atoms with Crippen molar-refractivity contribution in [1.82, 2.24) is 9.88 Å². The average molecular weight is 353 g/mol. The Balaban J connectivity index is 2.10. The average Bonchev–Trinajstić information content (AvgIpc) is 2.95. The lowest BCUT2D eigenvalue weighted by Crippen LogP contribution is -2.37. The molecule has 0 spiro atoms. The molecule has 0 unspecified atom stereocenters. The summed E-state index contributed by atoms with van der Waals surface area (Å²) < 4.78 is 0. The third-order valence-corrected chi connectivity index (χ3v) is 4.41. The van der Waals surface area contributed by atoms with Gasteiger partial charge in [0, 0.05) is 17.5 Å². The largest absolute Gasteiger partial charge is 0.480 e. The Morgan fingerprint density at radius 1 is 1.35 bits per heavy atom. The van der Waals surface area contributed by atoms with Crippen LogP contribution >= 0.6 is 22.9 Å². The van der Waals surface area contributed by atoms with Gasteiger partial charge in [0.05, 0.1) is 17.1 Å². The third kappa shape index (κ3) is 4.77. The smallest absolute Gasteiger partial charge is 0.323 e. The van der Waals surface area contributed by atoms with Gasteiger partial charge in [-0.3, -0.25) is 9.59 Å². The van der Waals surface area contributed by atoms with Gasteiger partial charge < -0.3 is 10.0 Å². The summed E-state index contributed by atoms with van der Waals surface area (Å²) in [6, 6.07) is 7.39. The molecule has 0 aliphatic carbocycles. The molecule has 1 amide bonds. The SMILES string of the molecule is CCCN(CC(=O)O)C(=O)Cc1csc(-c2ccccc2Cl)n1. The van der Waals surface area contributed by atoms with Crippen LogP contribution in [0.25, 0.3) is 10.6 Å². The summed E-state index contributed by atoms with van der Waals surface area (Å²) in [5.74, 6) is -1.24. The number of hydrogen-bond acceptors (Lipinski definition) is 4. The van der Waals surface area contributed by atoms with Crippen LogP contribution in [0.1, 0.15) is 19.0 Å².